The van der Waals surface area contributed by atoms with E-state index in [0.29, 0.717) is 38.7 Å². The zero-order valence-corrected chi connectivity index (χ0v) is 19.1. The van der Waals surface area contributed by atoms with E-state index in [1.165, 1.54) is 42.1 Å². The lowest BCUT2D eigenvalue weighted by molar-refractivity contribution is 0.0936. The number of ketones is 1. The number of thioether (sulfide) groups is 1. The summed E-state index contributed by atoms with van der Waals surface area (Å²) in [5.74, 6) is -0.159. The van der Waals surface area contributed by atoms with Crippen molar-refractivity contribution in [1.82, 2.24) is 20.1 Å². The van der Waals surface area contributed by atoms with Crippen LogP contribution in [0.1, 0.15) is 46.4 Å². The van der Waals surface area contributed by atoms with Gasteiger partial charge in [0.05, 0.1) is 21.8 Å². The molecule has 162 valence electrons. The van der Waals surface area contributed by atoms with E-state index < -0.39 is 11.9 Å². The van der Waals surface area contributed by atoms with Crippen molar-refractivity contribution in [1.29, 1.82) is 0 Å². The quantitative estimate of drug-likeness (QED) is 0.353. The summed E-state index contributed by atoms with van der Waals surface area (Å²) >= 11 is 13.1. The van der Waals surface area contributed by atoms with Crippen LogP contribution < -0.4 is 5.32 Å². The summed E-state index contributed by atoms with van der Waals surface area (Å²) in [6.45, 7) is 4.28. The number of halogens is 3. The highest BCUT2D eigenvalue weighted by atomic mass is 35.5. The molecule has 1 atom stereocenters. The van der Waals surface area contributed by atoms with E-state index in [1.807, 2.05) is 11.5 Å². The molecule has 1 N–H and O–H groups in total. The Morgan fingerprint density at radius 1 is 1.10 bits per heavy atom. The lowest BCUT2D eigenvalue weighted by atomic mass is 10.1. The van der Waals surface area contributed by atoms with Gasteiger partial charge in [-0.1, -0.05) is 35.0 Å². The Hall–Kier alpha value is -2.42. The number of amides is 1. The predicted octanol–water partition coefficient (Wildman–Crippen LogP) is 5.21. The average Bonchev–Trinajstić information content (AvgIpc) is 3.17. The first kappa shape index (κ1) is 23.2. The largest absolute Gasteiger partial charge is 0.342 e. The summed E-state index contributed by atoms with van der Waals surface area (Å²) in [6, 6.07) is 9.62. The van der Waals surface area contributed by atoms with Gasteiger partial charge in [0.25, 0.3) is 5.91 Å². The maximum absolute atomic E-state index is 13.0. The van der Waals surface area contributed by atoms with Crippen LogP contribution in [-0.4, -0.2) is 32.2 Å². The second kappa shape index (κ2) is 10.3. The molecule has 3 rings (SSSR count). The van der Waals surface area contributed by atoms with E-state index in [9.17, 15) is 14.0 Å². The number of nitrogens with zero attached hydrogens (tertiary/aromatic N) is 3. The second-order valence-corrected chi connectivity index (χ2v) is 8.38. The Kier molecular flexibility index (Phi) is 7.69. The van der Waals surface area contributed by atoms with Crippen molar-refractivity contribution in [2.75, 3.05) is 5.75 Å². The zero-order valence-electron chi connectivity index (χ0n) is 16.7. The van der Waals surface area contributed by atoms with Crippen molar-refractivity contribution in [2.45, 2.75) is 31.6 Å². The highest BCUT2D eigenvalue weighted by Crippen LogP contribution is 2.24. The number of hydrogen-bond acceptors (Lipinski definition) is 5. The topological polar surface area (TPSA) is 76.9 Å². The number of hydrogen-bond donors (Lipinski definition) is 1. The van der Waals surface area contributed by atoms with E-state index in [4.69, 9.17) is 23.2 Å². The standard InChI is InChI=1S/C21H19Cl2FN4O2S/c1-3-28-19(12(2)25-20(30)14-6-9-16(22)17(23)10-14)26-27-21(28)31-11-18(29)13-4-7-15(24)8-5-13/h4-10,12H,3,11H2,1-2H3,(H,25,30)/t12-/m1/s1. The van der Waals surface area contributed by atoms with Crippen LogP contribution in [0.4, 0.5) is 4.39 Å². The number of Topliss-reactive ketones (excluding diaryl/α,β-unsaturated/α-hetero) is 1. The summed E-state index contributed by atoms with van der Waals surface area (Å²) in [5.41, 5.74) is 0.808. The molecule has 0 spiro atoms. The zero-order chi connectivity index (χ0) is 22.5. The van der Waals surface area contributed by atoms with Crippen molar-refractivity contribution in [3.05, 3.63) is 75.3 Å². The number of carbonyl (C=O) groups is 2. The molecular formula is C21H19Cl2FN4O2S. The van der Waals surface area contributed by atoms with Crippen LogP contribution in [0, 0.1) is 5.82 Å². The molecule has 0 radical (unpaired) electrons. The smallest absolute Gasteiger partial charge is 0.251 e. The van der Waals surface area contributed by atoms with Crippen LogP contribution in [0.3, 0.4) is 0 Å². The molecule has 2 aromatic carbocycles. The Balaban J connectivity index is 1.68. The monoisotopic (exact) mass is 480 g/mol. The Morgan fingerprint density at radius 3 is 2.42 bits per heavy atom. The fourth-order valence-corrected chi connectivity index (χ4v) is 4.06. The molecule has 10 heteroatoms. The summed E-state index contributed by atoms with van der Waals surface area (Å²) < 4.78 is 14.9. The molecule has 1 amide bonds. The first-order valence-corrected chi connectivity index (χ1v) is 11.1. The fraction of sp³-hybridized carbons (Fsp3) is 0.238. The van der Waals surface area contributed by atoms with Crippen LogP contribution in [0.5, 0.6) is 0 Å². The van der Waals surface area contributed by atoms with E-state index >= 15 is 0 Å². The highest BCUT2D eigenvalue weighted by Gasteiger charge is 2.20. The molecule has 0 bridgehead atoms. The van der Waals surface area contributed by atoms with Crippen LogP contribution in [0.25, 0.3) is 0 Å². The first-order chi connectivity index (χ1) is 14.8. The first-order valence-electron chi connectivity index (χ1n) is 9.40. The number of nitrogens with one attached hydrogen (secondary N) is 1. The number of rotatable bonds is 8. The third kappa shape index (κ3) is 5.64. The minimum Gasteiger partial charge on any atom is -0.342 e. The van der Waals surface area contributed by atoms with Crippen LogP contribution >= 0.6 is 35.0 Å². The van der Waals surface area contributed by atoms with Crippen molar-refractivity contribution in [2.24, 2.45) is 0 Å². The lowest BCUT2D eigenvalue weighted by Crippen LogP contribution is -2.28. The van der Waals surface area contributed by atoms with Gasteiger partial charge in [-0.05, 0) is 56.3 Å². The Bertz CT molecular complexity index is 1110. The second-order valence-electron chi connectivity index (χ2n) is 6.63. The number of benzene rings is 2. The van der Waals surface area contributed by atoms with Gasteiger partial charge in [-0.2, -0.15) is 0 Å². The minimum atomic E-state index is -0.434. The van der Waals surface area contributed by atoms with Crippen molar-refractivity contribution in [3.63, 3.8) is 0 Å². The molecule has 0 fully saturated rings. The summed E-state index contributed by atoms with van der Waals surface area (Å²) in [5, 5.41) is 12.5. The van der Waals surface area contributed by atoms with Gasteiger partial charge in [0.2, 0.25) is 0 Å². The maximum atomic E-state index is 13.0. The third-order valence-corrected chi connectivity index (χ3v) is 6.18. The highest BCUT2D eigenvalue weighted by molar-refractivity contribution is 7.99. The lowest BCUT2D eigenvalue weighted by Gasteiger charge is -2.15. The van der Waals surface area contributed by atoms with Gasteiger partial charge in [-0.25, -0.2) is 4.39 Å². The average molecular weight is 481 g/mol. The molecule has 0 aliphatic carbocycles. The SMILES string of the molecule is CCn1c(SCC(=O)c2ccc(F)cc2)nnc1[C@@H](C)NC(=O)c1ccc(Cl)c(Cl)c1. The number of carbonyl (C=O) groups excluding carboxylic acids is 2. The van der Waals surface area contributed by atoms with Gasteiger partial charge in [0, 0.05) is 17.7 Å². The summed E-state index contributed by atoms with van der Waals surface area (Å²) in [7, 11) is 0. The Morgan fingerprint density at radius 2 is 1.77 bits per heavy atom. The van der Waals surface area contributed by atoms with Crippen LogP contribution in [-0.2, 0) is 6.54 Å². The maximum Gasteiger partial charge on any atom is 0.251 e. The van der Waals surface area contributed by atoms with Gasteiger partial charge < -0.3 is 9.88 Å². The molecule has 0 aliphatic heterocycles. The van der Waals surface area contributed by atoms with E-state index in [-0.39, 0.29) is 17.4 Å². The summed E-state index contributed by atoms with van der Waals surface area (Å²) in [6.07, 6.45) is 0. The van der Waals surface area contributed by atoms with E-state index in [1.54, 1.807) is 19.1 Å². The fourth-order valence-electron chi connectivity index (χ4n) is 2.86. The van der Waals surface area contributed by atoms with Crippen LogP contribution in [0.2, 0.25) is 10.0 Å². The van der Waals surface area contributed by atoms with Crippen molar-refractivity contribution >= 4 is 46.7 Å². The summed E-state index contributed by atoms with van der Waals surface area (Å²) in [4.78, 5) is 24.9. The normalized spacial score (nSPS) is 11.9. The number of aromatic nitrogens is 3. The van der Waals surface area contributed by atoms with Crippen molar-refractivity contribution in [3.8, 4) is 0 Å². The molecule has 1 aromatic heterocycles. The van der Waals surface area contributed by atoms with Gasteiger partial charge in [-0.3, -0.25) is 9.59 Å². The molecule has 6 nitrogen and oxygen atoms in total. The van der Waals surface area contributed by atoms with Crippen molar-refractivity contribution < 1.29 is 14.0 Å². The van der Waals surface area contributed by atoms with Gasteiger partial charge in [0.15, 0.2) is 16.8 Å². The van der Waals surface area contributed by atoms with Gasteiger partial charge in [-0.15, -0.1) is 10.2 Å². The molecular weight excluding hydrogens is 462 g/mol. The molecule has 0 unspecified atom stereocenters. The molecule has 31 heavy (non-hydrogen) atoms. The minimum absolute atomic E-state index is 0.133. The molecule has 1 heterocycles. The predicted molar refractivity (Wildman–Crippen MR) is 119 cm³/mol. The molecule has 0 aliphatic rings. The van der Waals surface area contributed by atoms with E-state index in [0.717, 1.165) is 0 Å². The molecule has 0 saturated heterocycles. The third-order valence-electron chi connectivity index (χ3n) is 4.48. The van der Waals surface area contributed by atoms with Gasteiger partial charge in [0.1, 0.15) is 5.82 Å². The van der Waals surface area contributed by atoms with E-state index in [2.05, 4.69) is 15.5 Å². The Labute approximate surface area is 193 Å². The van der Waals surface area contributed by atoms with Gasteiger partial charge >= 0.3 is 0 Å². The molecule has 0 saturated carbocycles. The molecule has 3 aromatic rings. The van der Waals surface area contributed by atoms with Crippen LogP contribution in [0.15, 0.2) is 47.6 Å².